The van der Waals surface area contributed by atoms with Crippen LogP contribution in [0.1, 0.15) is 26.3 Å². The number of hydrogen-bond donors (Lipinski definition) is 3. The molecule has 4 aromatic rings. The van der Waals surface area contributed by atoms with Crippen molar-refractivity contribution in [2.45, 2.75) is 31.1 Å². The van der Waals surface area contributed by atoms with Crippen LogP contribution in [0.25, 0.3) is 33.2 Å². The summed E-state index contributed by atoms with van der Waals surface area (Å²) < 4.78 is 23.1. The molecule has 32 heavy (non-hydrogen) atoms. The van der Waals surface area contributed by atoms with Crippen molar-refractivity contribution < 1.29 is 8.42 Å². The Hall–Kier alpha value is -3.49. The van der Waals surface area contributed by atoms with Crippen LogP contribution < -0.4 is 16.3 Å². The van der Waals surface area contributed by atoms with Gasteiger partial charge in [0.25, 0.3) is 11.1 Å². The average Bonchev–Trinajstić information content (AvgIpc) is 2.72. The third-order valence-electron chi connectivity index (χ3n) is 5.42. The molecule has 0 saturated heterocycles. The number of nitrogens with two attached hydrogens (primary N) is 1. The van der Waals surface area contributed by atoms with Gasteiger partial charge < -0.3 is 9.97 Å². The van der Waals surface area contributed by atoms with Crippen molar-refractivity contribution in [1.82, 2.24) is 9.97 Å². The molecule has 0 fully saturated rings. The number of sulfonamides is 1. The molecule has 4 rings (SSSR count). The van der Waals surface area contributed by atoms with Crippen molar-refractivity contribution in [1.29, 1.82) is 0 Å². The number of primary sulfonamides is 1. The molecule has 0 saturated carbocycles. The van der Waals surface area contributed by atoms with Crippen LogP contribution in [0.2, 0.25) is 0 Å². The molecule has 2 heterocycles. The summed E-state index contributed by atoms with van der Waals surface area (Å²) in [7, 11) is -3.83. The van der Waals surface area contributed by atoms with E-state index in [-0.39, 0.29) is 21.4 Å². The molecule has 0 amide bonds. The van der Waals surface area contributed by atoms with E-state index in [1.165, 1.54) is 12.1 Å². The lowest BCUT2D eigenvalue weighted by molar-refractivity contribution is 0.591. The Morgan fingerprint density at radius 2 is 1.53 bits per heavy atom. The van der Waals surface area contributed by atoms with Crippen LogP contribution in [-0.2, 0) is 15.4 Å². The number of aromatic amines is 2. The zero-order chi connectivity index (χ0) is 23.3. The molecule has 2 aromatic heterocycles. The number of benzene rings is 2. The molecule has 8 heteroatoms. The summed E-state index contributed by atoms with van der Waals surface area (Å²) in [4.78, 5) is 31.1. The third-order valence-corrected chi connectivity index (χ3v) is 6.35. The Morgan fingerprint density at radius 1 is 0.844 bits per heavy atom. The minimum Gasteiger partial charge on any atom is -0.329 e. The van der Waals surface area contributed by atoms with E-state index in [2.05, 4.69) is 30.7 Å². The molecule has 0 bridgehead atoms. The zero-order valence-electron chi connectivity index (χ0n) is 17.9. The molecule has 0 spiro atoms. The second-order valence-electron chi connectivity index (χ2n) is 8.73. The van der Waals surface area contributed by atoms with E-state index < -0.39 is 10.0 Å². The lowest BCUT2D eigenvalue weighted by Crippen LogP contribution is -2.15. The minimum atomic E-state index is -3.83. The van der Waals surface area contributed by atoms with E-state index in [1.807, 2.05) is 12.1 Å². The van der Waals surface area contributed by atoms with E-state index in [9.17, 15) is 18.0 Å². The Morgan fingerprint density at radius 3 is 2.12 bits per heavy atom. The van der Waals surface area contributed by atoms with Crippen LogP contribution in [0.5, 0.6) is 0 Å². The van der Waals surface area contributed by atoms with Gasteiger partial charge in [-0.1, -0.05) is 32.9 Å². The molecular weight excluding hydrogens is 426 g/mol. The van der Waals surface area contributed by atoms with E-state index >= 15 is 0 Å². The largest absolute Gasteiger partial charge is 0.329 e. The van der Waals surface area contributed by atoms with E-state index in [0.717, 1.165) is 10.9 Å². The lowest BCUT2D eigenvalue weighted by Gasteiger charge is -2.21. The van der Waals surface area contributed by atoms with Gasteiger partial charge in [-0.25, -0.2) is 13.6 Å². The number of aromatic nitrogens is 2. The highest BCUT2D eigenvalue weighted by Crippen LogP contribution is 2.33. The molecule has 4 N–H and O–H groups in total. The van der Waals surface area contributed by atoms with Gasteiger partial charge in [-0.2, -0.15) is 0 Å². The summed E-state index contributed by atoms with van der Waals surface area (Å²) in [6.07, 6.45) is 1.56. The quantitative estimate of drug-likeness (QED) is 0.442. The number of rotatable bonds is 3. The van der Waals surface area contributed by atoms with Gasteiger partial charge in [0.1, 0.15) is 0 Å². The number of nitrogens with one attached hydrogen (secondary N) is 2. The van der Waals surface area contributed by atoms with Crippen molar-refractivity contribution in [3.63, 3.8) is 0 Å². The highest BCUT2D eigenvalue weighted by molar-refractivity contribution is 7.89. The highest BCUT2D eigenvalue weighted by Gasteiger charge is 2.19. The van der Waals surface area contributed by atoms with Gasteiger partial charge in [0.05, 0.1) is 10.4 Å². The number of fused-ring (bicyclic) bond motifs is 1. The van der Waals surface area contributed by atoms with Crippen molar-refractivity contribution in [2.75, 3.05) is 0 Å². The lowest BCUT2D eigenvalue weighted by atomic mass is 9.84. The predicted octanol–water partition coefficient (Wildman–Crippen LogP) is 3.50. The van der Waals surface area contributed by atoms with Gasteiger partial charge in [-0.05, 0) is 64.4 Å². The van der Waals surface area contributed by atoms with Crippen molar-refractivity contribution in [2.24, 2.45) is 5.14 Å². The first kappa shape index (κ1) is 21.7. The first-order chi connectivity index (χ1) is 14.9. The van der Waals surface area contributed by atoms with Crippen LogP contribution in [0.4, 0.5) is 0 Å². The zero-order valence-corrected chi connectivity index (χ0v) is 18.7. The normalized spacial score (nSPS) is 12.2. The Bertz CT molecular complexity index is 1560. The maximum atomic E-state index is 13.0. The molecule has 0 unspecified atom stereocenters. The van der Waals surface area contributed by atoms with Gasteiger partial charge in [0.15, 0.2) is 0 Å². The third kappa shape index (κ3) is 4.02. The SMILES string of the molecule is CC(C)(C)c1cc(-c2ccc[nH]c2=O)c2[nH]c(=O)c(-c3ccc(S(N)(=O)=O)cc3)cc2c1. The summed E-state index contributed by atoms with van der Waals surface area (Å²) in [6.45, 7) is 6.23. The van der Waals surface area contributed by atoms with Crippen LogP contribution in [-0.4, -0.2) is 18.4 Å². The summed E-state index contributed by atoms with van der Waals surface area (Å²) in [6, 6.07) is 15.0. The highest BCUT2D eigenvalue weighted by atomic mass is 32.2. The average molecular weight is 450 g/mol. The molecule has 0 aliphatic heterocycles. The molecular formula is C24H23N3O4S. The number of pyridine rings is 2. The Balaban J connectivity index is 2.00. The van der Waals surface area contributed by atoms with Crippen molar-refractivity contribution >= 4 is 20.9 Å². The Labute approximate surface area is 185 Å². The minimum absolute atomic E-state index is 0.0286. The molecule has 0 atom stereocenters. The maximum Gasteiger partial charge on any atom is 0.256 e. The van der Waals surface area contributed by atoms with Gasteiger partial charge >= 0.3 is 0 Å². The van der Waals surface area contributed by atoms with Crippen LogP contribution >= 0.6 is 0 Å². The molecule has 164 valence electrons. The molecule has 7 nitrogen and oxygen atoms in total. The maximum absolute atomic E-state index is 13.0. The fourth-order valence-corrected chi connectivity index (χ4v) is 4.15. The molecule has 0 aliphatic carbocycles. The van der Waals surface area contributed by atoms with Crippen molar-refractivity contribution in [3.05, 3.63) is 87.1 Å². The summed E-state index contributed by atoms with van der Waals surface area (Å²) >= 11 is 0. The van der Waals surface area contributed by atoms with Gasteiger partial charge in [-0.15, -0.1) is 0 Å². The number of H-pyrrole nitrogens is 2. The summed E-state index contributed by atoms with van der Waals surface area (Å²) in [5.74, 6) is 0. The smallest absolute Gasteiger partial charge is 0.256 e. The van der Waals surface area contributed by atoms with Crippen LogP contribution in [0.15, 0.2) is 75.3 Å². The first-order valence-electron chi connectivity index (χ1n) is 9.98. The molecule has 2 aromatic carbocycles. The van der Waals surface area contributed by atoms with E-state index in [1.54, 1.807) is 36.5 Å². The fraction of sp³-hybridized carbons (Fsp3) is 0.167. The van der Waals surface area contributed by atoms with E-state index in [4.69, 9.17) is 5.14 Å². The monoisotopic (exact) mass is 449 g/mol. The predicted molar refractivity (Wildman–Crippen MR) is 126 cm³/mol. The Kier molecular flexibility index (Phi) is 5.15. The fourth-order valence-electron chi connectivity index (χ4n) is 3.64. The van der Waals surface area contributed by atoms with Gasteiger partial charge in [-0.3, -0.25) is 9.59 Å². The van der Waals surface area contributed by atoms with Gasteiger partial charge in [0.2, 0.25) is 10.0 Å². The van der Waals surface area contributed by atoms with E-state index in [0.29, 0.717) is 27.8 Å². The van der Waals surface area contributed by atoms with Gasteiger partial charge in [0, 0.05) is 22.9 Å². The molecule has 0 aliphatic rings. The topological polar surface area (TPSA) is 126 Å². The second-order valence-corrected chi connectivity index (χ2v) is 10.3. The van der Waals surface area contributed by atoms with Crippen LogP contribution in [0, 0.1) is 0 Å². The standard InChI is InChI=1S/C24H23N3O4S/c1-24(2,3)16-11-15-12-19(14-6-8-17(9-7-14)32(25,30)31)23(29)27-21(15)20(13-16)18-5-4-10-26-22(18)28/h4-13H,1-3H3,(H,26,28)(H,27,29)(H2,25,30,31). The summed E-state index contributed by atoms with van der Waals surface area (Å²) in [5.41, 5.74) is 2.82. The van der Waals surface area contributed by atoms with Crippen LogP contribution in [0.3, 0.4) is 0 Å². The molecule has 0 radical (unpaired) electrons. The van der Waals surface area contributed by atoms with Crippen molar-refractivity contribution in [3.8, 4) is 22.3 Å². The number of hydrogen-bond acceptors (Lipinski definition) is 4. The first-order valence-corrected chi connectivity index (χ1v) is 11.5. The summed E-state index contributed by atoms with van der Waals surface area (Å²) in [5, 5.41) is 5.93. The second kappa shape index (κ2) is 7.58.